The summed E-state index contributed by atoms with van der Waals surface area (Å²) in [7, 11) is 1.30. The van der Waals surface area contributed by atoms with Crippen LogP contribution in [0.1, 0.15) is 0 Å². The average Bonchev–Trinajstić information content (AvgIpc) is 2.55. The van der Waals surface area contributed by atoms with Crippen LogP contribution >= 0.6 is 0 Å². The normalized spacial score (nSPS) is 9.42. The summed E-state index contributed by atoms with van der Waals surface area (Å²) in [6.07, 6.45) is 1.40. The van der Waals surface area contributed by atoms with Gasteiger partial charge in [-0.05, 0) is 10.4 Å². The summed E-state index contributed by atoms with van der Waals surface area (Å²) in [6.45, 7) is 3.76. The predicted octanol–water partition coefficient (Wildman–Crippen LogP) is -0.598. The van der Waals surface area contributed by atoms with Crippen molar-refractivity contribution in [2.75, 3.05) is 7.11 Å². The van der Waals surface area contributed by atoms with Crippen LogP contribution < -0.4 is 0 Å². The maximum atomic E-state index is 10.8. The molecule has 0 amide bonds. The number of tetrazole rings is 1. The molecule has 0 aromatic carbocycles. The van der Waals surface area contributed by atoms with Gasteiger partial charge in [-0.15, -0.1) is 5.10 Å². The van der Waals surface area contributed by atoms with E-state index in [9.17, 15) is 4.79 Å². The van der Waals surface area contributed by atoms with Crippen molar-refractivity contribution in [3.63, 3.8) is 0 Å². The average molecular weight is 168 g/mol. The molecule has 0 unspecified atom stereocenters. The van der Waals surface area contributed by atoms with E-state index < -0.39 is 5.97 Å². The molecule has 0 fully saturated rings. The monoisotopic (exact) mass is 168 g/mol. The van der Waals surface area contributed by atoms with Crippen LogP contribution in [0, 0.1) is 0 Å². The lowest BCUT2D eigenvalue weighted by Gasteiger charge is -2.00. The lowest BCUT2D eigenvalue weighted by Crippen LogP contribution is -2.10. The number of nitrogens with zero attached hydrogens (tertiary/aromatic N) is 4. The Hall–Kier alpha value is -1.72. The van der Waals surface area contributed by atoms with E-state index in [2.05, 4.69) is 26.8 Å². The second-order valence-corrected chi connectivity index (χ2v) is 2.10. The Morgan fingerprint density at radius 1 is 1.75 bits per heavy atom. The summed E-state index contributed by atoms with van der Waals surface area (Å²) in [4.78, 5) is 10.8. The van der Waals surface area contributed by atoms with Crippen molar-refractivity contribution in [2.45, 2.75) is 6.54 Å². The van der Waals surface area contributed by atoms with Crippen LogP contribution in [0.25, 0.3) is 0 Å². The van der Waals surface area contributed by atoms with Gasteiger partial charge in [-0.1, -0.05) is 6.58 Å². The van der Waals surface area contributed by atoms with Crippen molar-refractivity contribution in [2.24, 2.45) is 0 Å². The van der Waals surface area contributed by atoms with Crippen LogP contribution in [0.5, 0.6) is 0 Å². The number of carbonyl (C=O) groups excluding carboxylic acids is 1. The molecule has 0 N–H and O–H groups in total. The second-order valence-electron chi connectivity index (χ2n) is 2.10. The summed E-state index contributed by atoms with van der Waals surface area (Å²) in [5, 5.41) is 10.4. The number of ether oxygens (including phenoxy) is 1. The van der Waals surface area contributed by atoms with Crippen molar-refractivity contribution in [1.82, 2.24) is 20.2 Å². The molecule has 12 heavy (non-hydrogen) atoms. The Labute approximate surface area is 68.8 Å². The number of hydrogen-bond acceptors (Lipinski definition) is 5. The number of rotatable bonds is 3. The molecule has 0 saturated carbocycles. The number of esters is 1. The molecular formula is C6H8N4O2. The van der Waals surface area contributed by atoms with Gasteiger partial charge < -0.3 is 4.74 Å². The third-order valence-electron chi connectivity index (χ3n) is 1.22. The van der Waals surface area contributed by atoms with Gasteiger partial charge in [0.15, 0.2) is 0 Å². The summed E-state index contributed by atoms with van der Waals surface area (Å²) >= 11 is 0. The molecule has 0 spiro atoms. The third kappa shape index (κ3) is 1.88. The van der Waals surface area contributed by atoms with Crippen molar-refractivity contribution in [1.29, 1.82) is 0 Å². The van der Waals surface area contributed by atoms with E-state index in [1.165, 1.54) is 18.1 Å². The fraction of sp³-hybridized carbons (Fsp3) is 0.333. The number of hydrogen-bond donors (Lipinski definition) is 0. The van der Waals surface area contributed by atoms with Crippen LogP contribution in [0.2, 0.25) is 0 Å². The molecule has 1 aromatic rings. The molecule has 64 valence electrons. The smallest absolute Gasteiger partial charge is 0.335 e. The maximum Gasteiger partial charge on any atom is 0.335 e. The molecule has 0 radical (unpaired) electrons. The molecule has 0 bridgehead atoms. The van der Waals surface area contributed by atoms with E-state index in [-0.39, 0.29) is 6.54 Å². The minimum atomic E-state index is -0.453. The molecule has 1 heterocycles. The van der Waals surface area contributed by atoms with E-state index in [1.807, 2.05) is 0 Å². The van der Waals surface area contributed by atoms with Crippen LogP contribution in [-0.4, -0.2) is 33.3 Å². The van der Waals surface area contributed by atoms with Gasteiger partial charge in [0.1, 0.15) is 6.33 Å². The summed E-state index contributed by atoms with van der Waals surface area (Å²) in [5.74, 6) is -0.453. The van der Waals surface area contributed by atoms with Crippen molar-refractivity contribution in [3.05, 3.63) is 18.5 Å². The quantitative estimate of drug-likeness (QED) is 0.445. The largest absolute Gasteiger partial charge is 0.466 e. The molecule has 0 aliphatic carbocycles. The van der Waals surface area contributed by atoms with E-state index in [0.717, 1.165) is 0 Å². The highest BCUT2D eigenvalue weighted by atomic mass is 16.5. The number of carbonyl (C=O) groups is 1. The third-order valence-corrected chi connectivity index (χ3v) is 1.22. The zero-order chi connectivity index (χ0) is 8.97. The number of aromatic nitrogens is 4. The molecular weight excluding hydrogens is 160 g/mol. The first-order valence-corrected chi connectivity index (χ1v) is 3.21. The molecule has 1 rings (SSSR count). The molecule has 0 aliphatic heterocycles. The van der Waals surface area contributed by atoms with Crippen molar-refractivity contribution >= 4 is 5.97 Å². The van der Waals surface area contributed by atoms with Crippen LogP contribution in [0.4, 0.5) is 0 Å². The Balaban J connectivity index is 2.53. The first kappa shape index (κ1) is 8.38. The summed E-state index contributed by atoms with van der Waals surface area (Å²) in [5.41, 5.74) is 0.310. The van der Waals surface area contributed by atoms with Gasteiger partial charge in [-0.2, -0.15) is 0 Å². The van der Waals surface area contributed by atoms with Crippen molar-refractivity contribution < 1.29 is 9.53 Å². The fourth-order valence-electron chi connectivity index (χ4n) is 0.657. The first-order valence-electron chi connectivity index (χ1n) is 3.21. The van der Waals surface area contributed by atoms with Gasteiger partial charge in [0.05, 0.1) is 19.2 Å². The standard InChI is InChI=1S/C6H8N4O2/c1-5(6(11)12-2)3-10-4-7-8-9-10/h4H,1,3H2,2H3. The summed E-state index contributed by atoms with van der Waals surface area (Å²) < 4.78 is 5.83. The second kappa shape index (κ2) is 3.61. The maximum absolute atomic E-state index is 10.8. The van der Waals surface area contributed by atoms with Crippen LogP contribution in [0.3, 0.4) is 0 Å². The molecule has 6 nitrogen and oxygen atoms in total. The highest BCUT2D eigenvalue weighted by Gasteiger charge is 2.07. The Morgan fingerprint density at radius 3 is 3.00 bits per heavy atom. The highest BCUT2D eigenvalue weighted by Crippen LogP contribution is 1.96. The van der Waals surface area contributed by atoms with Crippen LogP contribution in [0.15, 0.2) is 18.5 Å². The molecule has 0 saturated heterocycles. The Morgan fingerprint density at radius 2 is 2.50 bits per heavy atom. The fourth-order valence-corrected chi connectivity index (χ4v) is 0.657. The predicted molar refractivity (Wildman–Crippen MR) is 39.0 cm³/mol. The van der Waals surface area contributed by atoms with E-state index >= 15 is 0 Å². The Bertz CT molecular complexity index is 280. The van der Waals surface area contributed by atoms with Gasteiger partial charge in [-0.25, -0.2) is 9.48 Å². The molecule has 6 heteroatoms. The lowest BCUT2D eigenvalue weighted by atomic mass is 10.3. The number of methoxy groups -OCH3 is 1. The molecule has 0 atom stereocenters. The van der Waals surface area contributed by atoms with E-state index in [0.29, 0.717) is 5.57 Å². The summed E-state index contributed by atoms with van der Waals surface area (Å²) in [6, 6.07) is 0. The minimum absolute atomic E-state index is 0.250. The first-order chi connectivity index (χ1) is 5.74. The van der Waals surface area contributed by atoms with E-state index in [1.54, 1.807) is 0 Å². The van der Waals surface area contributed by atoms with E-state index in [4.69, 9.17) is 0 Å². The van der Waals surface area contributed by atoms with Gasteiger partial charge in [0.25, 0.3) is 0 Å². The topological polar surface area (TPSA) is 69.9 Å². The zero-order valence-electron chi connectivity index (χ0n) is 6.60. The molecule has 1 aromatic heterocycles. The SMILES string of the molecule is C=C(Cn1cnnn1)C(=O)OC. The van der Waals surface area contributed by atoms with Crippen molar-refractivity contribution in [3.8, 4) is 0 Å². The van der Waals surface area contributed by atoms with Crippen LogP contribution in [-0.2, 0) is 16.1 Å². The molecule has 0 aliphatic rings. The van der Waals surface area contributed by atoms with Gasteiger partial charge >= 0.3 is 5.97 Å². The van der Waals surface area contributed by atoms with Gasteiger partial charge in [-0.3, -0.25) is 0 Å². The lowest BCUT2D eigenvalue weighted by molar-refractivity contribution is -0.136. The Kier molecular flexibility index (Phi) is 2.52. The zero-order valence-corrected chi connectivity index (χ0v) is 6.60. The minimum Gasteiger partial charge on any atom is -0.466 e. The van der Waals surface area contributed by atoms with Gasteiger partial charge in [0.2, 0.25) is 0 Å². The van der Waals surface area contributed by atoms with Gasteiger partial charge in [0, 0.05) is 0 Å². The highest BCUT2D eigenvalue weighted by molar-refractivity contribution is 5.87.